The van der Waals surface area contributed by atoms with Gasteiger partial charge in [-0.3, -0.25) is 14.4 Å². The molecule has 0 amide bonds. The van der Waals surface area contributed by atoms with E-state index in [1.54, 1.807) is 0 Å². The molecule has 0 aromatic carbocycles. The first-order chi connectivity index (χ1) is 28.0. The third-order valence-electron chi connectivity index (χ3n) is 10.9. The second-order valence-electron chi connectivity index (χ2n) is 16.7. The van der Waals surface area contributed by atoms with Gasteiger partial charge in [-0.05, 0) is 70.6 Å². The lowest BCUT2D eigenvalue weighted by atomic mass is 10.0. The van der Waals surface area contributed by atoms with E-state index < -0.39 is 6.10 Å². The zero-order chi connectivity index (χ0) is 41.5. The fourth-order valence-electron chi connectivity index (χ4n) is 7.14. The Morgan fingerprint density at radius 2 is 0.579 bits per heavy atom. The lowest BCUT2D eigenvalue weighted by molar-refractivity contribution is -0.167. The van der Waals surface area contributed by atoms with Crippen molar-refractivity contribution in [3.8, 4) is 0 Å². The molecule has 0 bridgehead atoms. The van der Waals surface area contributed by atoms with Crippen LogP contribution in [-0.4, -0.2) is 37.2 Å². The van der Waals surface area contributed by atoms with Crippen LogP contribution in [0.2, 0.25) is 0 Å². The van der Waals surface area contributed by atoms with Crippen LogP contribution in [-0.2, 0) is 28.6 Å². The van der Waals surface area contributed by atoms with Crippen LogP contribution in [0.5, 0.6) is 0 Å². The molecule has 0 unspecified atom stereocenters. The number of hydrogen-bond donors (Lipinski definition) is 0. The summed E-state index contributed by atoms with van der Waals surface area (Å²) in [7, 11) is 0. The van der Waals surface area contributed by atoms with Gasteiger partial charge in [-0.2, -0.15) is 0 Å². The summed E-state index contributed by atoms with van der Waals surface area (Å²) in [5.74, 6) is -0.882. The van der Waals surface area contributed by atoms with E-state index >= 15 is 0 Å². The number of carbonyl (C=O) groups excluding carboxylic acids is 3. The zero-order valence-corrected chi connectivity index (χ0v) is 38.1. The molecule has 0 atom stereocenters. The molecule has 0 aliphatic carbocycles. The Bertz CT molecular complexity index is 875. The molecular formula is C51H94O6. The molecule has 0 spiro atoms. The average Bonchev–Trinajstić information content (AvgIpc) is 3.21. The number of esters is 3. The number of ether oxygens (including phenoxy) is 3. The third kappa shape index (κ3) is 44.8. The second kappa shape index (κ2) is 46.6. The van der Waals surface area contributed by atoms with Crippen molar-refractivity contribution in [3.63, 3.8) is 0 Å². The summed E-state index contributed by atoms with van der Waals surface area (Å²) in [6.07, 6.45) is 51.5. The van der Waals surface area contributed by atoms with Crippen LogP contribution in [0.3, 0.4) is 0 Å². The molecule has 6 heteroatoms. The fourth-order valence-corrected chi connectivity index (χ4v) is 7.14. The van der Waals surface area contributed by atoms with Crippen LogP contribution in [0.25, 0.3) is 0 Å². The van der Waals surface area contributed by atoms with E-state index in [0.29, 0.717) is 19.3 Å². The van der Waals surface area contributed by atoms with E-state index in [4.69, 9.17) is 14.2 Å². The van der Waals surface area contributed by atoms with Gasteiger partial charge < -0.3 is 14.2 Å². The number of allylic oxidation sites excluding steroid dienone is 4. The zero-order valence-electron chi connectivity index (χ0n) is 38.1. The van der Waals surface area contributed by atoms with Gasteiger partial charge in [0.2, 0.25) is 0 Å². The van der Waals surface area contributed by atoms with Crippen molar-refractivity contribution in [2.24, 2.45) is 0 Å². The minimum Gasteiger partial charge on any atom is -0.462 e. The molecule has 334 valence electrons. The largest absolute Gasteiger partial charge is 0.462 e. The lowest BCUT2D eigenvalue weighted by Crippen LogP contribution is -2.30. The highest BCUT2D eigenvalue weighted by Crippen LogP contribution is 2.15. The lowest BCUT2D eigenvalue weighted by Gasteiger charge is -2.18. The molecular weight excluding hydrogens is 709 g/mol. The maximum Gasteiger partial charge on any atom is 0.306 e. The van der Waals surface area contributed by atoms with Crippen LogP contribution in [0.4, 0.5) is 0 Å². The Morgan fingerprint density at radius 3 is 0.895 bits per heavy atom. The second-order valence-corrected chi connectivity index (χ2v) is 16.7. The molecule has 57 heavy (non-hydrogen) atoms. The summed E-state index contributed by atoms with van der Waals surface area (Å²) in [4.78, 5) is 37.8. The monoisotopic (exact) mass is 803 g/mol. The minimum atomic E-state index is -0.772. The Labute approximate surface area is 353 Å². The smallest absolute Gasteiger partial charge is 0.306 e. The van der Waals surface area contributed by atoms with Crippen LogP contribution in [0.1, 0.15) is 265 Å². The van der Waals surface area contributed by atoms with Gasteiger partial charge in [0.1, 0.15) is 13.2 Å². The normalized spacial score (nSPS) is 11.6. The van der Waals surface area contributed by atoms with E-state index in [-0.39, 0.29) is 31.1 Å². The maximum absolute atomic E-state index is 12.8. The molecule has 0 aromatic rings. The first-order valence-electron chi connectivity index (χ1n) is 24.8. The molecule has 0 fully saturated rings. The van der Waals surface area contributed by atoms with Crippen LogP contribution in [0.15, 0.2) is 24.3 Å². The standard InChI is InChI=1S/C51H94O6/c1-4-7-10-13-16-19-22-25-28-31-34-37-40-43-49(52)55-46-48(57-51(54)45-42-39-36-33-30-27-24-21-18-15-12-9-6-3)47-56-50(53)44-41-38-35-32-29-26-23-20-17-14-11-8-5-2/h19-20,22-23,48H,4-18,21,24-47H2,1-3H3/b22-19-,23-20-. The maximum atomic E-state index is 12.8. The molecule has 6 nitrogen and oxygen atoms in total. The van der Waals surface area contributed by atoms with Gasteiger partial charge in [-0.25, -0.2) is 0 Å². The molecule has 0 radical (unpaired) electrons. The predicted molar refractivity (Wildman–Crippen MR) is 243 cm³/mol. The summed E-state index contributed by atoms with van der Waals surface area (Å²) in [6, 6.07) is 0. The highest BCUT2D eigenvalue weighted by atomic mass is 16.6. The first-order valence-corrected chi connectivity index (χ1v) is 24.8. The molecule has 0 saturated heterocycles. The number of unbranched alkanes of at least 4 members (excludes halogenated alkanes) is 30. The summed E-state index contributed by atoms with van der Waals surface area (Å²) in [5, 5.41) is 0. The quantitative estimate of drug-likeness (QED) is 0.0264. The van der Waals surface area contributed by atoms with Crippen LogP contribution >= 0.6 is 0 Å². The highest BCUT2D eigenvalue weighted by Gasteiger charge is 2.19. The number of hydrogen-bond acceptors (Lipinski definition) is 6. The molecule has 0 saturated carbocycles. The molecule has 0 N–H and O–H groups in total. The van der Waals surface area contributed by atoms with Crippen molar-refractivity contribution in [2.45, 2.75) is 271 Å². The Balaban J connectivity index is 4.37. The summed E-state index contributed by atoms with van der Waals surface area (Å²) in [6.45, 7) is 6.61. The molecule has 0 heterocycles. The van der Waals surface area contributed by atoms with Gasteiger partial charge in [0.25, 0.3) is 0 Å². The van der Waals surface area contributed by atoms with Gasteiger partial charge in [-0.15, -0.1) is 0 Å². The van der Waals surface area contributed by atoms with Crippen LogP contribution in [0, 0.1) is 0 Å². The van der Waals surface area contributed by atoms with Gasteiger partial charge >= 0.3 is 17.9 Å². The Kier molecular flexibility index (Phi) is 44.9. The fraction of sp³-hybridized carbons (Fsp3) is 0.863. The van der Waals surface area contributed by atoms with E-state index in [9.17, 15) is 14.4 Å². The third-order valence-corrected chi connectivity index (χ3v) is 10.9. The van der Waals surface area contributed by atoms with Crippen molar-refractivity contribution >= 4 is 17.9 Å². The average molecular weight is 803 g/mol. The highest BCUT2D eigenvalue weighted by molar-refractivity contribution is 5.71. The van der Waals surface area contributed by atoms with Crippen molar-refractivity contribution in [1.29, 1.82) is 0 Å². The van der Waals surface area contributed by atoms with Gasteiger partial charge in [0, 0.05) is 19.3 Å². The summed E-state index contributed by atoms with van der Waals surface area (Å²) < 4.78 is 16.8. The van der Waals surface area contributed by atoms with Crippen molar-refractivity contribution in [2.75, 3.05) is 13.2 Å². The Hall–Kier alpha value is -2.11. The number of rotatable bonds is 45. The van der Waals surface area contributed by atoms with Gasteiger partial charge in [0.15, 0.2) is 6.10 Å². The van der Waals surface area contributed by atoms with E-state index in [1.807, 2.05) is 0 Å². The van der Waals surface area contributed by atoms with Gasteiger partial charge in [0.05, 0.1) is 0 Å². The molecule has 0 aliphatic rings. The molecule has 0 aliphatic heterocycles. The van der Waals surface area contributed by atoms with E-state index in [1.165, 1.54) is 154 Å². The topological polar surface area (TPSA) is 78.9 Å². The predicted octanol–water partition coefficient (Wildman–Crippen LogP) is 16.0. The van der Waals surface area contributed by atoms with Crippen LogP contribution < -0.4 is 0 Å². The molecule has 0 rings (SSSR count). The Morgan fingerprint density at radius 1 is 0.333 bits per heavy atom. The minimum absolute atomic E-state index is 0.0750. The molecule has 0 aromatic heterocycles. The summed E-state index contributed by atoms with van der Waals surface area (Å²) in [5.41, 5.74) is 0. The first kappa shape index (κ1) is 54.9. The van der Waals surface area contributed by atoms with Gasteiger partial charge in [-0.1, -0.05) is 199 Å². The van der Waals surface area contributed by atoms with Crippen molar-refractivity contribution in [1.82, 2.24) is 0 Å². The van der Waals surface area contributed by atoms with Crippen molar-refractivity contribution in [3.05, 3.63) is 24.3 Å². The summed E-state index contributed by atoms with van der Waals surface area (Å²) >= 11 is 0. The van der Waals surface area contributed by atoms with E-state index in [0.717, 1.165) is 70.6 Å². The number of carbonyl (C=O) groups is 3. The van der Waals surface area contributed by atoms with E-state index in [2.05, 4.69) is 45.1 Å². The van der Waals surface area contributed by atoms with Crippen molar-refractivity contribution < 1.29 is 28.6 Å². The SMILES string of the molecule is CCCCCC/C=C\CCCCCCCC(=O)OCC(COC(=O)CCCCCCC/C=C\CCCCCC)OC(=O)CCCCCCCCCCCCCCC.